The molecule has 0 fully saturated rings. The average molecular weight is 255 g/mol. The van der Waals surface area contributed by atoms with Gasteiger partial charge in [0, 0.05) is 6.54 Å². The number of hydrogen-bond acceptors (Lipinski definition) is 3. The fraction of sp³-hybridized carbons (Fsp3) is 0.200. The number of amides is 1. The van der Waals surface area contributed by atoms with Crippen molar-refractivity contribution >= 4 is 11.6 Å². The van der Waals surface area contributed by atoms with Crippen LogP contribution in [-0.4, -0.2) is 17.4 Å². The van der Waals surface area contributed by atoms with Crippen LogP contribution in [0.25, 0.3) is 0 Å². The first-order chi connectivity index (χ1) is 9.25. The van der Waals surface area contributed by atoms with Gasteiger partial charge < -0.3 is 11.1 Å². The molecule has 0 aliphatic carbocycles. The number of nitrogens with zero attached hydrogens (tertiary/aromatic N) is 1. The first-order valence-electron chi connectivity index (χ1n) is 6.29. The maximum atomic E-state index is 11.8. The Labute approximate surface area is 112 Å². The molecule has 1 heterocycles. The fourth-order valence-corrected chi connectivity index (χ4v) is 1.77. The van der Waals surface area contributed by atoms with E-state index < -0.39 is 0 Å². The Morgan fingerprint density at radius 2 is 1.95 bits per heavy atom. The van der Waals surface area contributed by atoms with Crippen LogP contribution in [0.3, 0.4) is 0 Å². The van der Waals surface area contributed by atoms with Gasteiger partial charge in [0.05, 0.1) is 11.9 Å². The van der Waals surface area contributed by atoms with Crippen molar-refractivity contribution in [3.05, 3.63) is 59.9 Å². The normalized spacial score (nSPS) is 10.1. The Balaban J connectivity index is 1.74. The van der Waals surface area contributed by atoms with Gasteiger partial charge in [0.25, 0.3) is 5.91 Å². The fourth-order valence-electron chi connectivity index (χ4n) is 1.77. The molecule has 1 aromatic carbocycles. The second-order valence-electron chi connectivity index (χ2n) is 4.32. The largest absolute Gasteiger partial charge is 0.397 e. The Bertz CT molecular complexity index is 523. The summed E-state index contributed by atoms with van der Waals surface area (Å²) >= 11 is 0. The van der Waals surface area contributed by atoms with Crippen LogP contribution in [0.5, 0.6) is 0 Å². The molecule has 0 aliphatic rings. The number of rotatable bonds is 5. The number of pyridine rings is 1. The van der Waals surface area contributed by atoms with Gasteiger partial charge in [-0.3, -0.25) is 4.79 Å². The predicted octanol–water partition coefficient (Wildman–Crippen LogP) is 2.03. The highest BCUT2D eigenvalue weighted by Crippen LogP contribution is 2.03. The zero-order chi connectivity index (χ0) is 13.5. The van der Waals surface area contributed by atoms with E-state index in [1.54, 1.807) is 12.1 Å². The Kier molecular flexibility index (Phi) is 4.50. The predicted molar refractivity (Wildman–Crippen MR) is 75.7 cm³/mol. The maximum Gasteiger partial charge on any atom is 0.269 e. The minimum atomic E-state index is -0.159. The number of carbonyl (C=O) groups is 1. The van der Waals surface area contributed by atoms with E-state index in [-0.39, 0.29) is 5.91 Å². The van der Waals surface area contributed by atoms with Crippen molar-refractivity contribution in [2.24, 2.45) is 0 Å². The van der Waals surface area contributed by atoms with Gasteiger partial charge in [0.15, 0.2) is 0 Å². The van der Waals surface area contributed by atoms with Gasteiger partial charge in [-0.05, 0) is 30.5 Å². The van der Waals surface area contributed by atoms with Gasteiger partial charge in [-0.1, -0.05) is 30.3 Å². The molecule has 98 valence electrons. The first-order valence-corrected chi connectivity index (χ1v) is 6.29. The van der Waals surface area contributed by atoms with Gasteiger partial charge in [-0.15, -0.1) is 0 Å². The van der Waals surface area contributed by atoms with Crippen molar-refractivity contribution < 1.29 is 4.79 Å². The summed E-state index contributed by atoms with van der Waals surface area (Å²) in [6, 6.07) is 13.5. The molecule has 0 saturated carbocycles. The van der Waals surface area contributed by atoms with Crippen LogP contribution >= 0.6 is 0 Å². The van der Waals surface area contributed by atoms with Gasteiger partial charge in [-0.2, -0.15) is 0 Å². The Morgan fingerprint density at radius 1 is 1.16 bits per heavy atom. The Hall–Kier alpha value is -2.36. The van der Waals surface area contributed by atoms with E-state index in [1.165, 1.54) is 11.8 Å². The molecule has 2 rings (SSSR count). The van der Waals surface area contributed by atoms with Crippen LogP contribution in [0.15, 0.2) is 48.7 Å². The molecule has 0 aliphatic heterocycles. The number of nitrogen functional groups attached to an aromatic ring is 1. The van der Waals surface area contributed by atoms with E-state index >= 15 is 0 Å². The minimum Gasteiger partial charge on any atom is -0.397 e. The number of anilines is 1. The third-order valence-corrected chi connectivity index (χ3v) is 2.79. The third-order valence-electron chi connectivity index (χ3n) is 2.79. The molecule has 0 atom stereocenters. The number of benzene rings is 1. The monoisotopic (exact) mass is 255 g/mol. The molecule has 0 spiro atoms. The highest BCUT2D eigenvalue weighted by atomic mass is 16.1. The maximum absolute atomic E-state index is 11.8. The molecule has 0 radical (unpaired) electrons. The molecule has 4 nitrogen and oxygen atoms in total. The van der Waals surface area contributed by atoms with Crippen LogP contribution in [0.1, 0.15) is 22.5 Å². The third kappa shape index (κ3) is 4.10. The van der Waals surface area contributed by atoms with E-state index in [1.807, 2.05) is 18.2 Å². The van der Waals surface area contributed by atoms with E-state index in [2.05, 4.69) is 22.4 Å². The van der Waals surface area contributed by atoms with Gasteiger partial charge in [0.1, 0.15) is 5.69 Å². The lowest BCUT2D eigenvalue weighted by Crippen LogP contribution is -2.25. The standard InChI is InChI=1S/C15H17N3O/c16-13-8-9-14(18-11-13)15(19)17-10-4-7-12-5-2-1-3-6-12/h1-3,5-6,8-9,11H,4,7,10,16H2,(H,17,19). The molecule has 0 unspecified atom stereocenters. The highest BCUT2D eigenvalue weighted by molar-refractivity contribution is 5.92. The lowest BCUT2D eigenvalue weighted by molar-refractivity contribution is 0.0948. The molecule has 0 bridgehead atoms. The van der Waals surface area contributed by atoms with Gasteiger partial charge in [0.2, 0.25) is 0 Å². The molecule has 2 aromatic rings. The lowest BCUT2D eigenvalue weighted by atomic mass is 10.1. The molecule has 0 saturated heterocycles. The second-order valence-corrected chi connectivity index (χ2v) is 4.32. The van der Waals surface area contributed by atoms with Crippen molar-refractivity contribution in [3.63, 3.8) is 0 Å². The van der Waals surface area contributed by atoms with Gasteiger partial charge >= 0.3 is 0 Å². The highest BCUT2D eigenvalue weighted by Gasteiger charge is 2.05. The minimum absolute atomic E-state index is 0.159. The van der Waals surface area contributed by atoms with Crippen molar-refractivity contribution in [2.75, 3.05) is 12.3 Å². The van der Waals surface area contributed by atoms with Crippen LogP contribution < -0.4 is 11.1 Å². The summed E-state index contributed by atoms with van der Waals surface area (Å²) in [4.78, 5) is 15.7. The number of hydrogen-bond donors (Lipinski definition) is 2. The number of aryl methyl sites for hydroxylation is 1. The molecule has 1 aromatic heterocycles. The molecule has 3 N–H and O–H groups in total. The summed E-state index contributed by atoms with van der Waals surface area (Å²) in [6.07, 6.45) is 3.35. The topological polar surface area (TPSA) is 68.0 Å². The molecule has 1 amide bonds. The number of nitrogens with one attached hydrogen (secondary N) is 1. The molecular formula is C15H17N3O. The summed E-state index contributed by atoms with van der Waals surface area (Å²) in [5.74, 6) is -0.159. The summed E-state index contributed by atoms with van der Waals surface area (Å²) in [5.41, 5.74) is 7.75. The van der Waals surface area contributed by atoms with E-state index in [0.29, 0.717) is 17.9 Å². The van der Waals surface area contributed by atoms with Crippen LogP contribution in [-0.2, 0) is 6.42 Å². The van der Waals surface area contributed by atoms with Crippen LogP contribution in [0.2, 0.25) is 0 Å². The van der Waals surface area contributed by atoms with E-state index in [4.69, 9.17) is 5.73 Å². The SMILES string of the molecule is Nc1ccc(C(=O)NCCCc2ccccc2)nc1. The van der Waals surface area contributed by atoms with Crippen molar-refractivity contribution in [1.82, 2.24) is 10.3 Å². The number of aromatic nitrogens is 1. The van der Waals surface area contributed by atoms with Crippen molar-refractivity contribution in [2.45, 2.75) is 12.8 Å². The van der Waals surface area contributed by atoms with E-state index in [9.17, 15) is 4.79 Å². The molecular weight excluding hydrogens is 238 g/mol. The summed E-state index contributed by atoms with van der Waals surface area (Å²) in [5, 5.41) is 2.85. The number of carbonyl (C=O) groups excluding carboxylic acids is 1. The first kappa shape index (κ1) is 13.1. The summed E-state index contributed by atoms with van der Waals surface area (Å²) in [6.45, 7) is 0.639. The second kappa shape index (κ2) is 6.54. The lowest BCUT2D eigenvalue weighted by Gasteiger charge is -2.05. The molecule has 19 heavy (non-hydrogen) atoms. The molecule has 4 heteroatoms. The zero-order valence-corrected chi connectivity index (χ0v) is 10.7. The quantitative estimate of drug-likeness (QED) is 0.803. The average Bonchev–Trinajstić information content (AvgIpc) is 2.45. The summed E-state index contributed by atoms with van der Waals surface area (Å²) in [7, 11) is 0. The van der Waals surface area contributed by atoms with Crippen LogP contribution in [0.4, 0.5) is 5.69 Å². The van der Waals surface area contributed by atoms with Crippen molar-refractivity contribution in [1.29, 1.82) is 0 Å². The zero-order valence-electron chi connectivity index (χ0n) is 10.7. The number of nitrogens with two attached hydrogens (primary N) is 1. The van der Waals surface area contributed by atoms with Gasteiger partial charge in [-0.25, -0.2) is 4.98 Å². The van der Waals surface area contributed by atoms with Crippen molar-refractivity contribution in [3.8, 4) is 0 Å². The Morgan fingerprint density at radius 3 is 2.63 bits per heavy atom. The van der Waals surface area contributed by atoms with E-state index in [0.717, 1.165) is 12.8 Å². The van der Waals surface area contributed by atoms with Crippen LogP contribution in [0, 0.1) is 0 Å². The smallest absolute Gasteiger partial charge is 0.269 e. The summed E-state index contributed by atoms with van der Waals surface area (Å²) < 4.78 is 0.